The molecule has 2 aliphatic rings. The second-order valence-corrected chi connectivity index (χ2v) is 7.86. The number of nitrogens with zero attached hydrogens (tertiary/aromatic N) is 2. The molecule has 148 valence electrons. The van der Waals surface area contributed by atoms with E-state index in [0.29, 0.717) is 26.1 Å². The summed E-state index contributed by atoms with van der Waals surface area (Å²) in [5.74, 6) is -0.511. The SMILES string of the molecule is O=C1C[C@@H](C(=O)N2CCc3ccccc32)CN1CCc1c[nH]c2ccc(F)cc12. The highest BCUT2D eigenvalue weighted by molar-refractivity contribution is 6.00. The number of carbonyl (C=O) groups is 2. The normalized spacial score (nSPS) is 18.7. The van der Waals surface area contributed by atoms with Gasteiger partial charge >= 0.3 is 0 Å². The van der Waals surface area contributed by atoms with Gasteiger partial charge in [-0.2, -0.15) is 0 Å². The smallest absolute Gasteiger partial charge is 0.232 e. The van der Waals surface area contributed by atoms with Crippen LogP contribution in [-0.4, -0.2) is 41.3 Å². The maximum Gasteiger partial charge on any atom is 0.232 e. The summed E-state index contributed by atoms with van der Waals surface area (Å²) >= 11 is 0. The zero-order valence-corrected chi connectivity index (χ0v) is 16.0. The van der Waals surface area contributed by atoms with E-state index in [1.165, 1.54) is 17.7 Å². The van der Waals surface area contributed by atoms with Crippen LogP contribution < -0.4 is 4.90 Å². The van der Waals surface area contributed by atoms with E-state index in [4.69, 9.17) is 0 Å². The molecule has 1 fully saturated rings. The van der Waals surface area contributed by atoms with E-state index in [-0.39, 0.29) is 30.0 Å². The Labute approximate surface area is 168 Å². The number of likely N-dealkylation sites (tertiary alicyclic amines) is 1. The molecule has 0 bridgehead atoms. The van der Waals surface area contributed by atoms with E-state index >= 15 is 0 Å². The van der Waals surface area contributed by atoms with E-state index in [9.17, 15) is 14.0 Å². The predicted octanol–water partition coefficient (Wildman–Crippen LogP) is 3.29. The molecule has 1 saturated heterocycles. The number of aromatic amines is 1. The van der Waals surface area contributed by atoms with E-state index in [0.717, 1.165) is 28.6 Å². The standard InChI is InChI=1S/C23H22FN3O2/c24-18-5-6-20-19(12-18)16(13-25-20)7-9-26-14-17(11-22(26)28)23(29)27-10-8-15-3-1-2-4-21(15)27/h1-6,12-13,17,25H,7-11,14H2/t17-/m1/s1. The van der Waals surface area contributed by atoms with Crippen molar-refractivity contribution < 1.29 is 14.0 Å². The van der Waals surface area contributed by atoms with Gasteiger partial charge in [-0.1, -0.05) is 18.2 Å². The third-order valence-electron chi connectivity index (χ3n) is 6.10. The minimum atomic E-state index is -0.297. The van der Waals surface area contributed by atoms with Crippen molar-refractivity contribution in [2.75, 3.05) is 24.5 Å². The minimum absolute atomic E-state index is 0.0156. The van der Waals surface area contributed by atoms with Gasteiger partial charge in [0.25, 0.3) is 0 Å². The Morgan fingerprint density at radius 2 is 2.07 bits per heavy atom. The number of H-pyrrole nitrogens is 1. The fourth-order valence-corrected chi connectivity index (χ4v) is 4.55. The molecule has 2 aliphatic heterocycles. The zero-order chi connectivity index (χ0) is 20.0. The average molecular weight is 391 g/mol. The highest BCUT2D eigenvalue weighted by Gasteiger charge is 2.38. The molecule has 29 heavy (non-hydrogen) atoms. The second-order valence-electron chi connectivity index (χ2n) is 7.86. The number of rotatable bonds is 4. The Bertz CT molecular complexity index is 1110. The lowest BCUT2D eigenvalue weighted by molar-refractivity contribution is -0.128. The molecule has 0 radical (unpaired) electrons. The molecule has 3 heterocycles. The summed E-state index contributed by atoms with van der Waals surface area (Å²) in [5.41, 5.74) is 4.03. The molecule has 5 nitrogen and oxygen atoms in total. The summed E-state index contributed by atoms with van der Waals surface area (Å²) in [5, 5.41) is 0.845. The molecular weight excluding hydrogens is 369 g/mol. The predicted molar refractivity (Wildman–Crippen MR) is 109 cm³/mol. The van der Waals surface area contributed by atoms with Crippen LogP contribution in [0.1, 0.15) is 17.5 Å². The van der Waals surface area contributed by atoms with Crippen LogP contribution in [0, 0.1) is 11.7 Å². The number of para-hydroxylation sites is 1. The fourth-order valence-electron chi connectivity index (χ4n) is 4.55. The maximum absolute atomic E-state index is 13.6. The first-order valence-electron chi connectivity index (χ1n) is 10.0. The van der Waals surface area contributed by atoms with Crippen LogP contribution in [0.15, 0.2) is 48.7 Å². The van der Waals surface area contributed by atoms with Crippen molar-refractivity contribution >= 4 is 28.4 Å². The van der Waals surface area contributed by atoms with Gasteiger partial charge in [-0.05, 0) is 48.2 Å². The highest BCUT2D eigenvalue weighted by atomic mass is 19.1. The Balaban J connectivity index is 1.26. The number of hydrogen-bond donors (Lipinski definition) is 1. The van der Waals surface area contributed by atoms with Crippen LogP contribution >= 0.6 is 0 Å². The first-order chi connectivity index (χ1) is 14.1. The highest BCUT2D eigenvalue weighted by Crippen LogP contribution is 2.31. The molecule has 0 aliphatic carbocycles. The first-order valence-corrected chi connectivity index (χ1v) is 10.0. The van der Waals surface area contributed by atoms with Gasteiger partial charge in [-0.25, -0.2) is 4.39 Å². The maximum atomic E-state index is 13.6. The average Bonchev–Trinajstić information content (AvgIpc) is 3.42. The van der Waals surface area contributed by atoms with Crippen LogP contribution in [0.25, 0.3) is 10.9 Å². The van der Waals surface area contributed by atoms with Gasteiger partial charge in [-0.15, -0.1) is 0 Å². The number of amides is 2. The third-order valence-corrected chi connectivity index (χ3v) is 6.10. The Morgan fingerprint density at radius 1 is 1.21 bits per heavy atom. The first kappa shape index (κ1) is 17.9. The molecular formula is C23H22FN3O2. The Morgan fingerprint density at radius 3 is 2.97 bits per heavy atom. The summed E-state index contributed by atoms with van der Waals surface area (Å²) in [6.45, 7) is 1.67. The second kappa shape index (κ2) is 7.03. The molecule has 1 aromatic heterocycles. The van der Waals surface area contributed by atoms with E-state index in [1.807, 2.05) is 29.3 Å². The van der Waals surface area contributed by atoms with Crippen molar-refractivity contribution in [2.45, 2.75) is 19.3 Å². The van der Waals surface area contributed by atoms with Gasteiger partial charge in [0, 0.05) is 48.8 Å². The van der Waals surface area contributed by atoms with Crippen LogP contribution in [0.4, 0.5) is 10.1 Å². The fraction of sp³-hybridized carbons (Fsp3) is 0.304. The van der Waals surface area contributed by atoms with Crippen LogP contribution in [0.3, 0.4) is 0 Å². The van der Waals surface area contributed by atoms with Gasteiger partial charge in [0.05, 0.1) is 5.92 Å². The van der Waals surface area contributed by atoms with Crippen molar-refractivity contribution in [2.24, 2.45) is 5.92 Å². The zero-order valence-electron chi connectivity index (χ0n) is 16.0. The monoisotopic (exact) mass is 391 g/mol. The Kier molecular flexibility index (Phi) is 4.34. The Hall–Kier alpha value is -3.15. The van der Waals surface area contributed by atoms with Crippen molar-refractivity contribution in [3.05, 3.63) is 65.6 Å². The number of halogens is 1. The molecule has 0 saturated carbocycles. The minimum Gasteiger partial charge on any atom is -0.361 e. The van der Waals surface area contributed by atoms with Crippen molar-refractivity contribution in [1.29, 1.82) is 0 Å². The lowest BCUT2D eigenvalue weighted by Gasteiger charge is -2.21. The molecule has 1 N–H and O–H groups in total. The number of carbonyl (C=O) groups excluding carboxylic acids is 2. The number of anilines is 1. The summed E-state index contributed by atoms with van der Waals surface area (Å²) in [6.07, 6.45) is 3.63. The number of benzene rings is 2. The number of nitrogens with one attached hydrogen (secondary N) is 1. The summed E-state index contributed by atoms with van der Waals surface area (Å²) in [7, 11) is 0. The lowest BCUT2D eigenvalue weighted by atomic mass is 10.1. The van der Waals surface area contributed by atoms with E-state index in [1.54, 1.807) is 11.0 Å². The molecule has 2 aromatic carbocycles. The molecule has 0 unspecified atom stereocenters. The lowest BCUT2D eigenvalue weighted by Crippen LogP contribution is -2.36. The van der Waals surface area contributed by atoms with Crippen molar-refractivity contribution in [3.8, 4) is 0 Å². The largest absolute Gasteiger partial charge is 0.361 e. The molecule has 5 rings (SSSR count). The van der Waals surface area contributed by atoms with E-state index < -0.39 is 0 Å². The van der Waals surface area contributed by atoms with Gasteiger partial charge in [-0.3, -0.25) is 9.59 Å². The molecule has 0 spiro atoms. The van der Waals surface area contributed by atoms with Crippen molar-refractivity contribution in [3.63, 3.8) is 0 Å². The number of fused-ring (bicyclic) bond motifs is 2. The molecule has 1 atom stereocenters. The number of aromatic nitrogens is 1. The molecule has 6 heteroatoms. The van der Waals surface area contributed by atoms with Gasteiger partial charge in [0.2, 0.25) is 11.8 Å². The molecule has 2 amide bonds. The van der Waals surface area contributed by atoms with Gasteiger partial charge in [0.1, 0.15) is 5.82 Å². The van der Waals surface area contributed by atoms with Gasteiger partial charge < -0.3 is 14.8 Å². The van der Waals surface area contributed by atoms with Crippen molar-refractivity contribution in [1.82, 2.24) is 9.88 Å². The van der Waals surface area contributed by atoms with Crippen LogP contribution in [-0.2, 0) is 22.4 Å². The topological polar surface area (TPSA) is 56.4 Å². The molecule has 3 aromatic rings. The quantitative estimate of drug-likeness (QED) is 0.742. The third kappa shape index (κ3) is 3.18. The summed E-state index contributed by atoms with van der Waals surface area (Å²) < 4.78 is 13.6. The summed E-state index contributed by atoms with van der Waals surface area (Å²) in [6, 6.07) is 12.6. The van der Waals surface area contributed by atoms with Gasteiger partial charge in [0.15, 0.2) is 0 Å². The van der Waals surface area contributed by atoms with E-state index in [2.05, 4.69) is 11.1 Å². The summed E-state index contributed by atoms with van der Waals surface area (Å²) in [4.78, 5) is 32.3. The number of hydrogen-bond acceptors (Lipinski definition) is 2. The van der Waals surface area contributed by atoms with Crippen LogP contribution in [0.2, 0.25) is 0 Å². The van der Waals surface area contributed by atoms with Crippen LogP contribution in [0.5, 0.6) is 0 Å².